The van der Waals surface area contributed by atoms with Gasteiger partial charge in [0.25, 0.3) is 0 Å². The first-order valence-corrected chi connectivity index (χ1v) is 0. The second-order valence-electron chi connectivity index (χ2n) is 0. The number of rotatable bonds is 0. The summed E-state index contributed by atoms with van der Waals surface area (Å²) in [7, 11) is 0. The van der Waals surface area contributed by atoms with Gasteiger partial charge in [-0.05, 0) is 0 Å². The van der Waals surface area contributed by atoms with Crippen LogP contribution in [0.1, 0.15) is 0 Å². The largest absolute Gasteiger partial charge is 0 e. The van der Waals surface area contributed by atoms with Gasteiger partial charge in [-0.1, -0.05) is 0 Å². The van der Waals surface area contributed by atoms with Gasteiger partial charge in [-0.15, -0.1) is 0 Å². The Balaban J connectivity index is 0. The molecule has 0 aliphatic rings. The third-order valence-electron chi connectivity index (χ3n) is 0. The van der Waals surface area contributed by atoms with Gasteiger partial charge in [-0.3, -0.25) is 0 Å². The molecule has 0 fully saturated rings. The van der Waals surface area contributed by atoms with Crippen LogP contribution in [0.5, 0.6) is 0 Å². The van der Waals surface area contributed by atoms with E-state index in [1.54, 1.807) is 0 Å². The summed E-state index contributed by atoms with van der Waals surface area (Å²) in [5.41, 5.74) is 0. The minimum atomic E-state index is 0. The molecular weight excluding hydrogens is 604 g/mol. The summed E-state index contributed by atoms with van der Waals surface area (Å²) in [6.07, 6.45) is 0. The van der Waals surface area contributed by atoms with Crippen LogP contribution in [0.3, 0.4) is 0 Å². The summed E-state index contributed by atoms with van der Waals surface area (Å²) in [4.78, 5) is 0. The molecule has 51 valence electrons. The monoisotopic (exact) mass is 613 g/mol. The van der Waals surface area contributed by atoms with Crippen molar-refractivity contribution in [3.63, 3.8) is 0 Å². The Hall–Kier alpha value is 3.98. The normalized spacial score (nSPS) is 0. The molecule has 0 saturated carbocycles. The molecule has 8 N–H and O–H groups in total. The Morgan fingerprint density at radius 1 is 0.625 bits per heavy atom. The van der Waals surface area contributed by atoms with E-state index >= 15 is 0 Å². The number of hydrogen-bond donors (Lipinski definition) is 0. The Kier molecular flexibility index (Phi) is 786. The van der Waals surface area contributed by atoms with Gasteiger partial charge >= 0.3 is 26.2 Å². The van der Waals surface area contributed by atoms with Crippen LogP contribution in [-0.4, -0.2) is 48.1 Å². The van der Waals surface area contributed by atoms with E-state index < -0.39 is 0 Å². The van der Waals surface area contributed by atoms with Crippen molar-refractivity contribution in [2.24, 2.45) is 0 Å². The zero-order chi connectivity index (χ0) is 0. The second kappa shape index (κ2) is 69.0. The zero-order valence-electron chi connectivity index (χ0n) is 4.28. The molecule has 0 aromatic heterocycles. The molecule has 0 bridgehead atoms. The predicted molar refractivity (Wildman–Crippen MR) is 24.4 cm³/mol. The molecule has 0 rings (SSSR count). The Morgan fingerprint density at radius 2 is 0.625 bits per heavy atom. The van der Waals surface area contributed by atoms with Crippen LogP contribution in [-0.2, 0) is 21.7 Å². The van der Waals surface area contributed by atoms with Crippen LogP contribution in [0, 0.1) is 76.4 Å². The average Bonchev–Trinajstić information content (AvgIpc) is 0. The topological polar surface area (TPSA) is 126 Å². The van der Waals surface area contributed by atoms with Crippen LogP contribution >= 0.6 is 0 Å². The molecule has 0 unspecified atom stereocenters. The molecule has 0 heterocycles. The molecule has 4 nitrogen and oxygen atoms in total. The van der Waals surface area contributed by atoms with Crippen LogP contribution < -0.4 is 0 Å². The molecule has 0 amide bonds. The van der Waals surface area contributed by atoms with Crippen molar-refractivity contribution < 1.29 is 120 Å². The summed E-state index contributed by atoms with van der Waals surface area (Å²) in [5, 5.41) is 0. The second-order valence-corrected chi connectivity index (χ2v) is 0. The van der Waals surface area contributed by atoms with Gasteiger partial charge in [0.2, 0.25) is 0 Å². The smallest absolute Gasteiger partial charge is 0 e. The minimum absolute atomic E-state index is 0. The molecule has 0 aromatic rings. The van der Waals surface area contributed by atoms with Crippen LogP contribution in [0.15, 0.2) is 0 Å². The summed E-state index contributed by atoms with van der Waals surface area (Å²) < 4.78 is 0. The van der Waals surface area contributed by atoms with E-state index in [2.05, 4.69) is 0 Å². The molecule has 0 saturated heterocycles. The van der Waals surface area contributed by atoms with E-state index in [0.29, 0.717) is 0 Å². The molecule has 8 heavy (non-hydrogen) atoms. The summed E-state index contributed by atoms with van der Waals surface area (Å²) in [5.74, 6) is 0. The number of hydrogen-bond acceptors (Lipinski definition) is 0. The van der Waals surface area contributed by atoms with Gasteiger partial charge in [0.15, 0.2) is 0 Å². The maximum Gasteiger partial charge on any atom is 0 e. The standard InChI is InChI=1S/Bi.La.Nd.4H2O.Ti.3H/h;;;4*1H2;;;;. The van der Waals surface area contributed by atoms with Gasteiger partial charge in [-0.2, -0.15) is 0 Å². The van der Waals surface area contributed by atoms with Crippen LogP contribution in [0.2, 0.25) is 0 Å². The van der Waals surface area contributed by atoms with E-state index in [4.69, 9.17) is 0 Å². The first-order chi connectivity index (χ1) is 0. The maximum atomic E-state index is 0. The third-order valence-corrected chi connectivity index (χ3v) is 0. The van der Waals surface area contributed by atoms with Gasteiger partial charge in [-0.25, -0.2) is 0 Å². The van der Waals surface area contributed by atoms with Crippen molar-refractivity contribution in [1.29, 1.82) is 0 Å². The van der Waals surface area contributed by atoms with Crippen molar-refractivity contribution in [2.45, 2.75) is 0 Å². The zero-order valence-corrected chi connectivity index (χ0v) is 18.2. The SMILES string of the molecule is O.O.O.O.[BiH3].[La].[Nd].[Ti]. The van der Waals surface area contributed by atoms with Gasteiger partial charge < -0.3 is 21.9 Å². The molecule has 0 aromatic carbocycles. The van der Waals surface area contributed by atoms with E-state index in [-0.39, 0.29) is 146 Å². The van der Waals surface area contributed by atoms with Crippen LogP contribution in [0.25, 0.3) is 0 Å². The average molecular weight is 615 g/mol. The van der Waals surface area contributed by atoms with Crippen molar-refractivity contribution in [2.75, 3.05) is 0 Å². The minimum Gasteiger partial charge on any atom is 0 e. The van der Waals surface area contributed by atoms with Gasteiger partial charge in [0.05, 0.1) is 0 Å². The van der Waals surface area contributed by atoms with Crippen molar-refractivity contribution in [3.8, 4) is 0 Å². The molecular formula is H11BiLaNdO4Ti. The van der Waals surface area contributed by atoms with E-state index in [1.165, 1.54) is 0 Å². The predicted octanol–water partition coefficient (Wildman–Crippen LogP) is -4.49. The molecule has 1 radical (unpaired) electrons. The van der Waals surface area contributed by atoms with E-state index in [1.807, 2.05) is 0 Å². The van der Waals surface area contributed by atoms with Crippen LogP contribution in [0.4, 0.5) is 0 Å². The Morgan fingerprint density at radius 3 is 0.625 bits per heavy atom. The molecule has 0 atom stereocenters. The fraction of sp³-hybridized carbons (Fsp3) is 0. The van der Waals surface area contributed by atoms with Crippen molar-refractivity contribution in [3.05, 3.63) is 0 Å². The van der Waals surface area contributed by atoms with Crippen molar-refractivity contribution in [1.82, 2.24) is 0 Å². The van der Waals surface area contributed by atoms with E-state index in [0.717, 1.165) is 0 Å². The molecule has 8 heteroatoms. The summed E-state index contributed by atoms with van der Waals surface area (Å²) in [6, 6.07) is 0. The first kappa shape index (κ1) is 91.1. The van der Waals surface area contributed by atoms with E-state index in [9.17, 15) is 0 Å². The third kappa shape index (κ3) is 50.8. The Labute approximate surface area is 143 Å². The van der Waals surface area contributed by atoms with Crippen molar-refractivity contribution >= 4 is 26.2 Å². The quantitative estimate of drug-likeness (QED) is 0.244. The summed E-state index contributed by atoms with van der Waals surface area (Å²) >= 11 is 0. The maximum absolute atomic E-state index is 0. The molecule has 0 aliphatic carbocycles. The Bertz CT molecular complexity index is 16.0. The fourth-order valence-electron chi connectivity index (χ4n) is 0. The molecule has 0 spiro atoms. The first-order valence-electron chi connectivity index (χ1n) is 0. The fourth-order valence-corrected chi connectivity index (χ4v) is 0. The van der Waals surface area contributed by atoms with Gasteiger partial charge in [0, 0.05) is 98.2 Å². The van der Waals surface area contributed by atoms with Gasteiger partial charge in [0.1, 0.15) is 0 Å². The summed E-state index contributed by atoms with van der Waals surface area (Å²) in [6.45, 7) is 0. The molecule has 0 aliphatic heterocycles.